The van der Waals surface area contributed by atoms with Crippen LogP contribution in [0.2, 0.25) is 9.36 Å². The van der Waals surface area contributed by atoms with Gasteiger partial charge in [0.2, 0.25) is 5.91 Å². The van der Waals surface area contributed by atoms with Gasteiger partial charge in [-0.1, -0.05) is 51.3 Å². The number of rotatable bonds is 6. The number of benzene rings is 2. The average molecular weight is 602 g/mol. The van der Waals surface area contributed by atoms with E-state index < -0.39 is 15.9 Å². The van der Waals surface area contributed by atoms with Crippen LogP contribution in [0.5, 0.6) is 0 Å². The van der Waals surface area contributed by atoms with E-state index in [-0.39, 0.29) is 28.0 Å². The van der Waals surface area contributed by atoms with Gasteiger partial charge in [0.15, 0.2) is 5.78 Å². The summed E-state index contributed by atoms with van der Waals surface area (Å²) in [4.78, 5) is 26.3. The highest BCUT2D eigenvalue weighted by Gasteiger charge is 2.34. The van der Waals surface area contributed by atoms with E-state index in [4.69, 9.17) is 23.2 Å². The Morgan fingerprint density at radius 3 is 2.53 bits per heavy atom. The van der Waals surface area contributed by atoms with Gasteiger partial charge in [-0.3, -0.25) is 9.59 Å². The number of halogens is 3. The number of thiophene rings is 1. The molecule has 1 unspecified atom stereocenters. The van der Waals surface area contributed by atoms with E-state index in [0.717, 1.165) is 11.3 Å². The van der Waals surface area contributed by atoms with Gasteiger partial charge in [0.25, 0.3) is 10.0 Å². The molecule has 1 fully saturated rings. The van der Waals surface area contributed by atoms with Crippen LogP contribution in [0.1, 0.15) is 28.8 Å². The molecular weight excluding hydrogens is 583 g/mol. The predicted octanol–water partition coefficient (Wildman–Crippen LogP) is 6.09. The molecule has 1 atom stereocenters. The van der Waals surface area contributed by atoms with Crippen molar-refractivity contribution in [3.8, 4) is 0 Å². The van der Waals surface area contributed by atoms with Crippen LogP contribution in [0.3, 0.4) is 0 Å². The third-order valence-corrected chi connectivity index (χ3v) is 9.89. The zero-order valence-corrected chi connectivity index (χ0v) is 22.4. The minimum atomic E-state index is -3.74. The zero-order chi connectivity index (χ0) is 24.5. The lowest BCUT2D eigenvalue weighted by molar-refractivity contribution is -0.120. The van der Waals surface area contributed by atoms with Crippen molar-refractivity contribution < 1.29 is 18.0 Å². The molecule has 1 aliphatic rings. The lowest BCUT2D eigenvalue weighted by Gasteiger charge is -2.31. The number of piperidine rings is 1. The molecular formula is C23H19BrCl2N2O4S2. The van der Waals surface area contributed by atoms with Gasteiger partial charge >= 0.3 is 0 Å². The fraction of sp³-hybridized carbons (Fsp3) is 0.217. The highest BCUT2D eigenvalue weighted by atomic mass is 79.9. The fourth-order valence-electron chi connectivity index (χ4n) is 3.78. The summed E-state index contributed by atoms with van der Waals surface area (Å²) in [6.45, 7) is 0.379. The number of anilines is 1. The van der Waals surface area contributed by atoms with Crippen molar-refractivity contribution in [1.29, 1.82) is 0 Å². The molecule has 0 saturated carbocycles. The Balaban J connectivity index is 1.55. The first-order valence-electron chi connectivity index (χ1n) is 10.3. The van der Waals surface area contributed by atoms with Gasteiger partial charge in [-0.2, -0.15) is 4.31 Å². The van der Waals surface area contributed by atoms with Crippen molar-refractivity contribution in [2.45, 2.75) is 17.1 Å². The Hall–Kier alpha value is -1.75. The third-order valence-electron chi connectivity index (χ3n) is 5.50. The number of nitrogens with zero attached hydrogens (tertiary/aromatic N) is 1. The van der Waals surface area contributed by atoms with Gasteiger partial charge < -0.3 is 5.32 Å². The second-order valence-corrected chi connectivity index (χ2v) is 13.0. The molecule has 2 heterocycles. The second kappa shape index (κ2) is 10.5. The Morgan fingerprint density at radius 1 is 1.06 bits per heavy atom. The standard InChI is InChI=1S/C23H19BrCl2N2O4S2/c24-15-7-8-19(17(12-15)22(29)16-5-1-2-6-18(16)25)27-23(30)14-4-3-11-28(13-14)34(31,32)21-10-9-20(26)33-21/h1-2,5-10,12,14H,3-4,11,13H2,(H,27,30). The van der Waals surface area contributed by atoms with E-state index in [1.807, 2.05) is 0 Å². The van der Waals surface area contributed by atoms with Crippen LogP contribution in [-0.4, -0.2) is 37.5 Å². The second-order valence-electron chi connectivity index (χ2n) is 7.75. The van der Waals surface area contributed by atoms with Crippen LogP contribution in [0.4, 0.5) is 5.69 Å². The largest absolute Gasteiger partial charge is 0.325 e. The molecule has 1 aromatic heterocycles. The van der Waals surface area contributed by atoms with Crippen LogP contribution in [-0.2, 0) is 14.8 Å². The first-order valence-corrected chi connectivity index (χ1v) is 14.1. The summed E-state index contributed by atoms with van der Waals surface area (Å²) < 4.78 is 28.5. The minimum Gasteiger partial charge on any atom is -0.325 e. The van der Waals surface area contributed by atoms with E-state index in [9.17, 15) is 18.0 Å². The molecule has 2 aromatic carbocycles. The van der Waals surface area contributed by atoms with Gasteiger partial charge in [0.1, 0.15) is 4.21 Å². The van der Waals surface area contributed by atoms with Gasteiger partial charge in [0.05, 0.1) is 21.0 Å². The van der Waals surface area contributed by atoms with E-state index in [0.29, 0.717) is 44.5 Å². The van der Waals surface area contributed by atoms with Crippen LogP contribution >= 0.6 is 50.5 Å². The molecule has 178 valence electrons. The van der Waals surface area contributed by atoms with Crippen molar-refractivity contribution in [2.75, 3.05) is 18.4 Å². The Bertz CT molecular complexity index is 1360. The molecule has 1 N–H and O–H groups in total. The number of ketones is 1. The molecule has 0 spiro atoms. The highest BCUT2D eigenvalue weighted by molar-refractivity contribution is 9.10. The Kier molecular flexibility index (Phi) is 7.81. The third kappa shape index (κ3) is 5.40. The molecule has 0 radical (unpaired) electrons. The molecule has 0 bridgehead atoms. The van der Waals surface area contributed by atoms with Crippen molar-refractivity contribution in [2.24, 2.45) is 5.92 Å². The molecule has 3 aromatic rings. The van der Waals surface area contributed by atoms with E-state index in [1.165, 1.54) is 16.4 Å². The molecule has 1 saturated heterocycles. The van der Waals surface area contributed by atoms with Crippen molar-refractivity contribution in [3.63, 3.8) is 0 Å². The maximum atomic E-state index is 13.2. The predicted molar refractivity (Wildman–Crippen MR) is 138 cm³/mol. The number of nitrogens with one attached hydrogen (secondary N) is 1. The molecule has 11 heteroatoms. The molecule has 1 amide bonds. The normalized spacial score (nSPS) is 16.9. The Morgan fingerprint density at radius 2 is 1.82 bits per heavy atom. The summed E-state index contributed by atoms with van der Waals surface area (Å²) in [5, 5.41) is 3.14. The van der Waals surface area contributed by atoms with E-state index >= 15 is 0 Å². The highest BCUT2D eigenvalue weighted by Crippen LogP contribution is 2.32. The maximum Gasteiger partial charge on any atom is 0.252 e. The topological polar surface area (TPSA) is 83.6 Å². The van der Waals surface area contributed by atoms with Crippen LogP contribution in [0.25, 0.3) is 0 Å². The number of carbonyl (C=O) groups is 2. The lowest BCUT2D eigenvalue weighted by atomic mass is 9.97. The summed E-state index contributed by atoms with van der Waals surface area (Å²) in [6, 6.07) is 14.7. The van der Waals surface area contributed by atoms with E-state index in [1.54, 1.807) is 42.5 Å². The summed E-state index contributed by atoms with van der Waals surface area (Å²) in [6.07, 6.45) is 1.08. The van der Waals surface area contributed by atoms with Gasteiger partial charge in [-0.05, 0) is 55.3 Å². The lowest BCUT2D eigenvalue weighted by Crippen LogP contribution is -2.43. The molecule has 6 nitrogen and oxygen atoms in total. The summed E-state index contributed by atoms with van der Waals surface area (Å²) in [7, 11) is -3.74. The quantitative estimate of drug-likeness (QED) is 0.347. The molecule has 0 aliphatic carbocycles. The number of amides is 1. The van der Waals surface area contributed by atoms with Crippen LogP contribution in [0, 0.1) is 5.92 Å². The average Bonchev–Trinajstić information content (AvgIpc) is 3.27. The number of sulfonamides is 1. The van der Waals surface area contributed by atoms with E-state index in [2.05, 4.69) is 21.2 Å². The van der Waals surface area contributed by atoms with Crippen LogP contribution < -0.4 is 5.32 Å². The fourth-order valence-corrected chi connectivity index (χ4v) is 7.52. The van der Waals surface area contributed by atoms with Gasteiger partial charge in [-0.25, -0.2) is 8.42 Å². The maximum absolute atomic E-state index is 13.2. The summed E-state index contributed by atoms with van der Waals surface area (Å²) >= 11 is 16.5. The monoisotopic (exact) mass is 600 g/mol. The number of carbonyl (C=O) groups excluding carboxylic acids is 2. The molecule has 1 aliphatic heterocycles. The summed E-state index contributed by atoms with van der Waals surface area (Å²) in [5.74, 6) is -1.24. The van der Waals surface area contributed by atoms with Gasteiger partial charge in [0, 0.05) is 28.7 Å². The van der Waals surface area contributed by atoms with Crippen molar-refractivity contribution >= 4 is 77.9 Å². The number of hydrogen-bond donors (Lipinski definition) is 1. The Labute approximate surface area is 220 Å². The SMILES string of the molecule is O=C(c1ccccc1Cl)c1cc(Br)ccc1NC(=O)C1CCCN(S(=O)(=O)c2ccc(Cl)s2)C1. The smallest absolute Gasteiger partial charge is 0.252 e. The van der Waals surface area contributed by atoms with Gasteiger partial charge in [-0.15, -0.1) is 11.3 Å². The first-order chi connectivity index (χ1) is 16.2. The molecule has 34 heavy (non-hydrogen) atoms. The van der Waals surface area contributed by atoms with Crippen molar-refractivity contribution in [3.05, 3.63) is 79.6 Å². The first kappa shape index (κ1) is 25.3. The van der Waals surface area contributed by atoms with Crippen LogP contribution in [0.15, 0.2) is 63.3 Å². The zero-order valence-electron chi connectivity index (χ0n) is 17.6. The summed E-state index contributed by atoms with van der Waals surface area (Å²) in [5.41, 5.74) is 0.940. The number of hydrogen-bond acceptors (Lipinski definition) is 5. The van der Waals surface area contributed by atoms with Crippen molar-refractivity contribution in [1.82, 2.24) is 4.31 Å². The molecule has 4 rings (SSSR count). The minimum absolute atomic E-state index is 0.0496.